The summed E-state index contributed by atoms with van der Waals surface area (Å²) < 4.78 is 7.47. The van der Waals surface area contributed by atoms with Crippen LogP contribution < -0.4 is 4.90 Å². The van der Waals surface area contributed by atoms with Crippen molar-refractivity contribution in [3.05, 3.63) is 48.3 Å². The fourth-order valence-corrected chi connectivity index (χ4v) is 4.70. The number of nitrogens with one attached hydrogen (secondary N) is 1. The molecule has 4 rings (SSSR count). The lowest BCUT2D eigenvalue weighted by atomic mass is 9.98. The highest BCUT2D eigenvalue weighted by Gasteiger charge is 2.27. The number of quaternary nitrogens is 1. The van der Waals surface area contributed by atoms with Crippen molar-refractivity contribution in [3.8, 4) is 5.69 Å². The van der Waals surface area contributed by atoms with Gasteiger partial charge in [-0.1, -0.05) is 43.9 Å². The van der Waals surface area contributed by atoms with Crippen LogP contribution in [0.1, 0.15) is 44.2 Å². The maximum absolute atomic E-state index is 13.6. The summed E-state index contributed by atoms with van der Waals surface area (Å²) in [5, 5.41) is 4.53. The Hall–Kier alpha value is -2.18. The first kappa shape index (κ1) is 21.1. The van der Waals surface area contributed by atoms with E-state index in [0.717, 1.165) is 63.6 Å². The zero-order valence-corrected chi connectivity index (χ0v) is 18.0. The monoisotopic (exact) mass is 411 g/mol. The lowest BCUT2D eigenvalue weighted by molar-refractivity contribution is -0.907. The molecule has 162 valence electrons. The second-order valence-electron chi connectivity index (χ2n) is 8.63. The summed E-state index contributed by atoms with van der Waals surface area (Å²) in [5.41, 5.74) is 2.11. The number of hydrogen-bond donors (Lipinski definition) is 1. The summed E-state index contributed by atoms with van der Waals surface area (Å²) in [6.07, 6.45) is 8.81. The van der Waals surface area contributed by atoms with Gasteiger partial charge in [-0.3, -0.25) is 4.79 Å². The van der Waals surface area contributed by atoms with Gasteiger partial charge in [0, 0.05) is 12.1 Å². The molecule has 0 spiro atoms. The van der Waals surface area contributed by atoms with Crippen molar-refractivity contribution in [1.82, 2.24) is 14.7 Å². The predicted molar refractivity (Wildman–Crippen MR) is 117 cm³/mol. The van der Waals surface area contributed by atoms with Gasteiger partial charge >= 0.3 is 0 Å². The third kappa shape index (κ3) is 5.49. The van der Waals surface area contributed by atoms with Gasteiger partial charge in [0.2, 0.25) is 5.91 Å². The molecular formula is C24H35N4O2+. The molecule has 1 aliphatic heterocycles. The maximum Gasteiger partial charge on any atom is 0.226 e. The largest absolute Gasteiger partial charge is 0.370 e. The van der Waals surface area contributed by atoms with E-state index in [0.29, 0.717) is 12.5 Å². The molecule has 2 aromatic rings. The van der Waals surface area contributed by atoms with E-state index in [1.807, 2.05) is 35.1 Å². The van der Waals surface area contributed by atoms with E-state index in [-0.39, 0.29) is 5.92 Å². The Morgan fingerprint density at radius 2 is 1.80 bits per heavy atom. The van der Waals surface area contributed by atoms with Gasteiger partial charge in [-0.25, -0.2) is 4.68 Å². The van der Waals surface area contributed by atoms with E-state index in [2.05, 4.69) is 22.1 Å². The number of rotatable bonds is 7. The maximum atomic E-state index is 13.6. The lowest BCUT2D eigenvalue weighted by Crippen LogP contribution is -3.14. The van der Waals surface area contributed by atoms with Crippen LogP contribution in [0.4, 0.5) is 0 Å². The Kier molecular flexibility index (Phi) is 7.54. The number of morpholine rings is 1. The van der Waals surface area contributed by atoms with Gasteiger partial charge in [-0.2, -0.15) is 5.10 Å². The third-order valence-corrected chi connectivity index (χ3v) is 6.53. The Balaban J connectivity index is 1.49. The van der Waals surface area contributed by atoms with Crippen LogP contribution in [-0.2, 0) is 16.1 Å². The quantitative estimate of drug-likeness (QED) is 0.710. The summed E-state index contributed by atoms with van der Waals surface area (Å²) in [6.45, 7) is 6.13. The molecule has 1 N–H and O–H groups in total. The Morgan fingerprint density at radius 1 is 1.07 bits per heavy atom. The molecule has 1 aromatic heterocycles. The predicted octanol–water partition coefficient (Wildman–Crippen LogP) is 2.09. The molecule has 0 unspecified atom stereocenters. The van der Waals surface area contributed by atoms with Crippen molar-refractivity contribution in [2.45, 2.75) is 45.1 Å². The summed E-state index contributed by atoms with van der Waals surface area (Å²) in [7, 11) is 0. The van der Waals surface area contributed by atoms with Gasteiger partial charge in [-0.05, 0) is 31.0 Å². The Bertz CT molecular complexity index is 778. The normalized spacial score (nSPS) is 18.8. The highest BCUT2D eigenvalue weighted by Crippen LogP contribution is 2.25. The fraction of sp³-hybridized carbons (Fsp3) is 0.583. The minimum absolute atomic E-state index is 0.181. The van der Waals surface area contributed by atoms with Crippen molar-refractivity contribution in [1.29, 1.82) is 0 Å². The molecule has 1 saturated heterocycles. The molecule has 2 fully saturated rings. The molecular weight excluding hydrogens is 376 g/mol. The van der Waals surface area contributed by atoms with Gasteiger partial charge in [-0.15, -0.1) is 0 Å². The second kappa shape index (κ2) is 10.7. The minimum atomic E-state index is 0.181. The van der Waals surface area contributed by atoms with Crippen molar-refractivity contribution in [2.75, 3.05) is 39.4 Å². The number of carbonyl (C=O) groups is 1. The van der Waals surface area contributed by atoms with Gasteiger partial charge in [0.25, 0.3) is 0 Å². The highest BCUT2D eigenvalue weighted by atomic mass is 16.5. The molecule has 1 saturated carbocycles. The number of hydrogen-bond acceptors (Lipinski definition) is 3. The van der Waals surface area contributed by atoms with E-state index in [4.69, 9.17) is 4.74 Å². The molecule has 30 heavy (non-hydrogen) atoms. The second-order valence-corrected chi connectivity index (χ2v) is 8.63. The molecule has 0 radical (unpaired) electrons. The van der Waals surface area contributed by atoms with Crippen LogP contribution in [0.2, 0.25) is 0 Å². The van der Waals surface area contributed by atoms with E-state index in [1.165, 1.54) is 30.6 Å². The van der Waals surface area contributed by atoms with Crippen LogP contribution in [0.25, 0.3) is 5.69 Å². The summed E-state index contributed by atoms with van der Waals surface area (Å²) in [6, 6.07) is 12.2. The standard InChI is InChI=1S/C24H34N4O2/c29-24(21-8-4-1-2-5-9-21)27(15-14-26-16-18-30-19-17-26)20-23-12-13-25-28(23)22-10-6-3-7-11-22/h3,6-7,10-13,21H,1-2,4-5,8-9,14-20H2/p+1. The summed E-state index contributed by atoms with van der Waals surface area (Å²) in [5.74, 6) is 0.519. The number of ether oxygens (including phenoxy) is 1. The Morgan fingerprint density at radius 3 is 2.53 bits per heavy atom. The number of carbonyl (C=O) groups excluding carboxylic acids is 1. The van der Waals surface area contributed by atoms with E-state index < -0.39 is 0 Å². The first-order valence-corrected chi connectivity index (χ1v) is 11.6. The summed E-state index contributed by atoms with van der Waals surface area (Å²) >= 11 is 0. The minimum Gasteiger partial charge on any atom is -0.370 e. The lowest BCUT2D eigenvalue weighted by Gasteiger charge is -2.30. The topological polar surface area (TPSA) is 51.8 Å². The molecule has 6 nitrogen and oxygen atoms in total. The van der Waals surface area contributed by atoms with Gasteiger partial charge < -0.3 is 14.5 Å². The Labute approximate surface area is 179 Å². The smallest absolute Gasteiger partial charge is 0.226 e. The van der Waals surface area contributed by atoms with Crippen LogP contribution >= 0.6 is 0 Å². The molecule has 2 heterocycles. The zero-order valence-electron chi connectivity index (χ0n) is 18.0. The highest BCUT2D eigenvalue weighted by molar-refractivity contribution is 5.78. The molecule has 1 aromatic carbocycles. The van der Waals surface area contributed by atoms with Crippen LogP contribution in [0.5, 0.6) is 0 Å². The van der Waals surface area contributed by atoms with Gasteiger partial charge in [0.05, 0.1) is 44.2 Å². The molecule has 6 heteroatoms. The van der Waals surface area contributed by atoms with Crippen LogP contribution in [0.15, 0.2) is 42.6 Å². The van der Waals surface area contributed by atoms with Gasteiger partial charge in [0.1, 0.15) is 13.1 Å². The van der Waals surface area contributed by atoms with Crippen molar-refractivity contribution < 1.29 is 14.4 Å². The zero-order chi connectivity index (χ0) is 20.6. The molecule has 2 aliphatic rings. The molecule has 0 atom stereocenters. The van der Waals surface area contributed by atoms with Crippen molar-refractivity contribution >= 4 is 5.91 Å². The van der Waals surface area contributed by atoms with E-state index >= 15 is 0 Å². The number of aromatic nitrogens is 2. The average Bonchev–Trinajstić information content (AvgIpc) is 3.09. The number of nitrogens with zero attached hydrogens (tertiary/aromatic N) is 3. The first-order chi connectivity index (χ1) is 14.8. The van der Waals surface area contributed by atoms with Crippen molar-refractivity contribution in [3.63, 3.8) is 0 Å². The van der Waals surface area contributed by atoms with Crippen LogP contribution in [0, 0.1) is 5.92 Å². The van der Waals surface area contributed by atoms with Crippen molar-refractivity contribution in [2.24, 2.45) is 5.92 Å². The number of benzene rings is 1. The van der Waals surface area contributed by atoms with Crippen LogP contribution in [-0.4, -0.2) is 60.0 Å². The third-order valence-electron chi connectivity index (χ3n) is 6.53. The number of para-hydroxylation sites is 1. The molecule has 1 aliphatic carbocycles. The van der Waals surface area contributed by atoms with E-state index in [1.54, 1.807) is 0 Å². The summed E-state index contributed by atoms with van der Waals surface area (Å²) in [4.78, 5) is 17.2. The molecule has 1 amide bonds. The van der Waals surface area contributed by atoms with Crippen LogP contribution in [0.3, 0.4) is 0 Å². The van der Waals surface area contributed by atoms with Gasteiger partial charge in [0.15, 0.2) is 0 Å². The molecule has 0 bridgehead atoms. The number of amides is 1. The van der Waals surface area contributed by atoms with E-state index in [9.17, 15) is 4.79 Å². The first-order valence-electron chi connectivity index (χ1n) is 11.6. The average molecular weight is 412 g/mol. The fourth-order valence-electron chi connectivity index (χ4n) is 4.70. The SMILES string of the molecule is O=C(C1CCCCCC1)N(CC[NH+]1CCOCC1)Cc1ccnn1-c1ccccc1.